The minimum atomic E-state index is -2.66. The summed E-state index contributed by atoms with van der Waals surface area (Å²) in [7, 11) is 2.11. The van der Waals surface area contributed by atoms with Gasteiger partial charge in [-0.2, -0.15) is 0 Å². The molecule has 8 nitrogen and oxygen atoms in total. The third kappa shape index (κ3) is 7.05. The maximum atomic E-state index is 14.0. The highest BCUT2D eigenvalue weighted by molar-refractivity contribution is 6.14. The van der Waals surface area contributed by atoms with Gasteiger partial charge in [-0.15, -0.1) is 0 Å². The molecule has 41 heavy (non-hydrogen) atoms. The predicted molar refractivity (Wildman–Crippen MR) is 155 cm³/mol. The van der Waals surface area contributed by atoms with Crippen LogP contribution < -0.4 is 15.8 Å². The van der Waals surface area contributed by atoms with Gasteiger partial charge in [0.15, 0.2) is 0 Å². The second kappa shape index (κ2) is 12.4. The number of carbonyl (C=O) groups is 1. The number of morpholine rings is 1. The zero-order valence-electron chi connectivity index (χ0n) is 23.8. The largest absolute Gasteiger partial charge is 0.490 e. The minimum Gasteiger partial charge on any atom is -0.490 e. The molecule has 2 saturated heterocycles. The molecule has 3 aliphatic rings. The van der Waals surface area contributed by atoms with Crippen LogP contribution in [0.4, 0.5) is 14.5 Å². The summed E-state index contributed by atoms with van der Waals surface area (Å²) in [5.41, 5.74) is 7.82. The first-order valence-corrected chi connectivity index (χ1v) is 14.6. The third-order valence-electron chi connectivity index (χ3n) is 8.87. The Labute approximate surface area is 240 Å². The van der Waals surface area contributed by atoms with E-state index < -0.39 is 11.5 Å². The van der Waals surface area contributed by atoms with Gasteiger partial charge in [-0.25, -0.2) is 8.78 Å². The van der Waals surface area contributed by atoms with Gasteiger partial charge in [0, 0.05) is 73.5 Å². The first-order chi connectivity index (χ1) is 19.6. The maximum Gasteiger partial charge on any atom is 0.251 e. The first-order valence-electron chi connectivity index (χ1n) is 14.6. The van der Waals surface area contributed by atoms with Gasteiger partial charge < -0.3 is 25.4 Å². The van der Waals surface area contributed by atoms with Crippen LogP contribution in [-0.4, -0.2) is 92.0 Å². The normalized spacial score (nSPS) is 21.7. The Balaban J connectivity index is 1.25. The quantitative estimate of drug-likeness (QED) is 0.326. The fraction of sp³-hybridized carbons (Fsp3) is 0.548. The lowest BCUT2D eigenvalue weighted by Crippen LogP contribution is -2.61. The van der Waals surface area contributed by atoms with Crippen LogP contribution in [-0.2, 0) is 4.74 Å². The molecule has 4 N–H and O–H groups in total. The van der Waals surface area contributed by atoms with Crippen molar-refractivity contribution < 1.29 is 23.0 Å². The van der Waals surface area contributed by atoms with E-state index in [1.807, 2.05) is 24.3 Å². The number of likely N-dealkylation sites (tertiary alicyclic amines) is 1. The zero-order valence-corrected chi connectivity index (χ0v) is 23.8. The average molecular weight is 570 g/mol. The molecule has 1 saturated carbocycles. The topological polar surface area (TPSA) is 104 Å². The molecule has 5 rings (SSSR count). The Hall–Kier alpha value is -3.08. The number of hydrogen-bond acceptors (Lipinski definition) is 7. The number of benzene rings is 2. The van der Waals surface area contributed by atoms with E-state index >= 15 is 0 Å². The number of hydrogen-bond donors (Lipinski definition) is 3. The van der Waals surface area contributed by atoms with Gasteiger partial charge in [0.2, 0.25) is 5.92 Å². The Morgan fingerprint density at radius 1 is 1.02 bits per heavy atom. The zero-order chi connectivity index (χ0) is 29.0. The summed E-state index contributed by atoms with van der Waals surface area (Å²) in [4.78, 5) is 17.8. The molecule has 0 radical (unpaired) electrons. The van der Waals surface area contributed by atoms with E-state index in [9.17, 15) is 13.6 Å². The molecular weight excluding hydrogens is 528 g/mol. The molecule has 3 fully saturated rings. The summed E-state index contributed by atoms with van der Waals surface area (Å²) in [5, 5.41) is 11.8. The Kier molecular flexibility index (Phi) is 8.91. The van der Waals surface area contributed by atoms with Crippen molar-refractivity contribution in [1.82, 2.24) is 15.1 Å². The maximum absolute atomic E-state index is 14.0. The number of ether oxygens (including phenoxy) is 2. The smallest absolute Gasteiger partial charge is 0.251 e. The van der Waals surface area contributed by atoms with Gasteiger partial charge in [-0.05, 0) is 75.2 Å². The van der Waals surface area contributed by atoms with E-state index in [0.717, 1.165) is 31.7 Å². The van der Waals surface area contributed by atoms with E-state index in [1.165, 1.54) is 0 Å². The summed E-state index contributed by atoms with van der Waals surface area (Å²) in [6.45, 7) is 4.74. The van der Waals surface area contributed by atoms with E-state index in [0.29, 0.717) is 61.5 Å². The fourth-order valence-corrected chi connectivity index (χ4v) is 6.14. The van der Waals surface area contributed by atoms with Crippen molar-refractivity contribution in [2.45, 2.75) is 56.1 Å². The van der Waals surface area contributed by atoms with Gasteiger partial charge in [-0.3, -0.25) is 15.1 Å². The number of anilines is 1. The third-order valence-corrected chi connectivity index (χ3v) is 8.87. The summed E-state index contributed by atoms with van der Waals surface area (Å²) in [5.74, 6) is -2.21. The summed E-state index contributed by atoms with van der Waals surface area (Å²) in [6.07, 6.45) is 2.41. The molecule has 0 spiro atoms. The van der Waals surface area contributed by atoms with Crippen LogP contribution in [0, 0.1) is 5.41 Å². The Bertz CT molecular complexity index is 1210. The molecule has 0 unspecified atom stereocenters. The number of amides is 1. The fourth-order valence-electron chi connectivity index (χ4n) is 6.14. The SMILES string of the molecule is CN1CCC(Oc2ccc(C(=N)c3cc(C(=O)NCC4(N5CCOCC5)CCC(F)(F)CC4)ccc3N)cc2)CC1. The number of halogens is 2. The van der Waals surface area contributed by atoms with Crippen LogP contribution in [0.2, 0.25) is 0 Å². The van der Waals surface area contributed by atoms with Crippen molar-refractivity contribution >= 4 is 17.3 Å². The Morgan fingerprint density at radius 2 is 1.66 bits per heavy atom. The lowest BCUT2D eigenvalue weighted by Gasteiger charge is -2.49. The van der Waals surface area contributed by atoms with Gasteiger partial charge in [0.1, 0.15) is 11.9 Å². The van der Waals surface area contributed by atoms with Crippen molar-refractivity contribution in [2.75, 3.05) is 58.7 Å². The van der Waals surface area contributed by atoms with Crippen LogP contribution in [0.15, 0.2) is 42.5 Å². The van der Waals surface area contributed by atoms with Gasteiger partial charge >= 0.3 is 0 Å². The number of piperidine rings is 1. The molecule has 2 heterocycles. The number of nitrogens with two attached hydrogens (primary N) is 1. The van der Waals surface area contributed by atoms with Gasteiger partial charge in [0.05, 0.1) is 18.9 Å². The molecule has 10 heteroatoms. The second-order valence-corrected chi connectivity index (χ2v) is 11.7. The van der Waals surface area contributed by atoms with Crippen LogP contribution in [0.5, 0.6) is 5.75 Å². The number of nitrogens with zero attached hydrogens (tertiary/aromatic N) is 2. The number of rotatable bonds is 8. The molecule has 1 amide bonds. The lowest BCUT2D eigenvalue weighted by atomic mass is 9.78. The number of alkyl halides is 2. The lowest BCUT2D eigenvalue weighted by molar-refractivity contribution is -0.0988. The van der Waals surface area contributed by atoms with Crippen molar-refractivity contribution in [1.29, 1.82) is 5.41 Å². The van der Waals surface area contributed by atoms with Crippen LogP contribution >= 0.6 is 0 Å². The van der Waals surface area contributed by atoms with E-state index in [1.54, 1.807) is 18.2 Å². The average Bonchev–Trinajstić information content (AvgIpc) is 2.99. The van der Waals surface area contributed by atoms with Crippen LogP contribution in [0.1, 0.15) is 60.0 Å². The summed E-state index contributed by atoms with van der Waals surface area (Å²) in [6, 6.07) is 12.3. The van der Waals surface area contributed by atoms with Gasteiger partial charge in [-0.1, -0.05) is 0 Å². The Morgan fingerprint density at radius 3 is 2.32 bits per heavy atom. The molecular formula is C31H41F2N5O3. The number of carbonyl (C=O) groups excluding carboxylic acids is 1. The standard InChI is InChI=1S/C31H41F2N5O3/c1-37-14-8-25(9-15-37)41-24-5-2-22(3-6-24)28(35)26-20-23(4-7-27(26)34)29(39)36-21-30(38-16-18-40-19-17-38)10-12-31(32,33)13-11-30/h2-7,20,25,35H,8-19,21,34H2,1H3,(H,36,39). The molecule has 2 aromatic carbocycles. The molecule has 222 valence electrons. The monoisotopic (exact) mass is 569 g/mol. The van der Waals surface area contributed by atoms with E-state index in [2.05, 4.69) is 22.2 Å². The highest BCUT2D eigenvalue weighted by atomic mass is 19.3. The van der Waals surface area contributed by atoms with E-state index in [-0.39, 0.29) is 37.1 Å². The predicted octanol–water partition coefficient (Wildman–Crippen LogP) is 4.17. The number of nitrogens with one attached hydrogen (secondary N) is 2. The van der Waals surface area contributed by atoms with Crippen LogP contribution in [0.3, 0.4) is 0 Å². The minimum absolute atomic E-state index is 0.189. The number of nitrogen functional groups attached to an aromatic ring is 1. The van der Waals surface area contributed by atoms with Crippen molar-refractivity contribution in [3.8, 4) is 5.75 Å². The first kappa shape index (κ1) is 29.4. The molecule has 0 aromatic heterocycles. The molecule has 1 aliphatic carbocycles. The second-order valence-electron chi connectivity index (χ2n) is 11.7. The van der Waals surface area contributed by atoms with E-state index in [4.69, 9.17) is 20.6 Å². The van der Waals surface area contributed by atoms with Crippen molar-refractivity contribution in [3.05, 3.63) is 59.2 Å². The molecule has 0 bridgehead atoms. The molecule has 0 atom stereocenters. The van der Waals surface area contributed by atoms with Crippen LogP contribution in [0.25, 0.3) is 0 Å². The summed E-state index contributed by atoms with van der Waals surface area (Å²) >= 11 is 0. The van der Waals surface area contributed by atoms with Crippen molar-refractivity contribution in [3.63, 3.8) is 0 Å². The summed E-state index contributed by atoms with van der Waals surface area (Å²) < 4.78 is 39.7. The van der Waals surface area contributed by atoms with Gasteiger partial charge in [0.25, 0.3) is 5.91 Å². The highest BCUT2D eigenvalue weighted by Gasteiger charge is 2.47. The molecule has 2 aromatic rings. The molecule has 2 aliphatic heterocycles. The highest BCUT2D eigenvalue weighted by Crippen LogP contribution is 2.41. The van der Waals surface area contributed by atoms with Crippen molar-refractivity contribution in [2.24, 2.45) is 0 Å².